The number of hydrogen-bond acceptors (Lipinski definition) is 2. The second-order valence-electron chi connectivity index (χ2n) is 6.86. The second kappa shape index (κ2) is 5.22. The van der Waals surface area contributed by atoms with Crippen molar-refractivity contribution in [3.05, 3.63) is 42.0 Å². The monoisotopic (exact) mass is 288 g/mol. The van der Waals surface area contributed by atoms with Crippen molar-refractivity contribution in [3.63, 3.8) is 0 Å². The quantitative estimate of drug-likeness (QED) is 0.828. The number of rotatable bonds is 3. The molecule has 2 rings (SSSR count). The second-order valence-corrected chi connectivity index (χ2v) is 11.6. The van der Waals surface area contributed by atoms with Crippen molar-refractivity contribution in [2.75, 3.05) is 0 Å². The Kier molecular flexibility index (Phi) is 3.94. The third-order valence-electron chi connectivity index (χ3n) is 4.24. The van der Waals surface area contributed by atoms with Gasteiger partial charge in [0.25, 0.3) is 0 Å². The summed E-state index contributed by atoms with van der Waals surface area (Å²) in [7, 11) is -1.80. The van der Waals surface area contributed by atoms with Crippen LogP contribution >= 0.6 is 0 Å². The maximum Gasteiger partial charge on any atom is 0.250 e. The molecule has 3 heteroatoms. The van der Waals surface area contributed by atoms with Crippen molar-refractivity contribution in [1.82, 2.24) is 0 Å². The van der Waals surface area contributed by atoms with E-state index in [1.54, 1.807) is 0 Å². The Bertz CT molecular complexity index is 612. The molecule has 0 spiro atoms. The molecule has 20 heavy (non-hydrogen) atoms. The molecule has 0 atom stereocenters. The smallest absolute Gasteiger partial charge is 0.250 e. The molecule has 0 fully saturated rings. The summed E-state index contributed by atoms with van der Waals surface area (Å²) in [5.41, 5.74) is 0.932. The Morgan fingerprint density at radius 3 is 2.25 bits per heavy atom. The normalized spacial score (nSPS) is 12.7. The van der Waals surface area contributed by atoms with Crippen LogP contribution in [-0.2, 0) is 6.61 Å². The van der Waals surface area contributed by atoms with Gasteiger partial charge in [0.1, 0.15) is 5.75 Å². The Labute approximate surface area is 122 Å². The first-order chi connectivity index (χ1) is 9.23. The highest BCUT2D eigenvalue weighted by Gasteiger charge is 2.38. The van der Waals surface area contributed by atoms with Gasteiger partial charge in [-0.15, -0.1) is 0 Å². The van der Waals surface area contributed by atoms with E-state index in [4.69, 9.17) is 4.43 Å². The zero-order valence-corrected chi connectivity index (χ0v) is 14.0. The van der Waals surface area contributed by atoms with E-state index in [1.807, 2.05) is 24.3 Å². The maximum absolute atomic E-state index is 9.24. The Morgan fingerprint density at radius 2 is 1.65 bits per heavy atom. The van der Waals surface area contributed by atoms with Gasteiger partial charge in [-0.1, -0.05) is 39.0 Å². The van der Waals surface area contributed by atoms with E-state index < -0.39 is 8.32 Å². The molecule has 0 saturated heterocycles. The van der Waals surface area contributed by atoms with Crippen LogP contribution in [0, 0.1) is 0 Å². The fourth-order valence-electron chi connectivity index (χ4n) is 1.88. The van der Waals surface area contributed by atoms with E-state index in [0.717, 1.165) is 16.7 Å². The summed E-state index contributed by atoms with van der Waals surface area (Å²) in [5.74, 6) is 0.930. The van der Waals surface area contributed by atoms with Crippen LogP contribution in [0.3, 0.4) is 0 Å². The lowest BCUT2D eigenvalue weighted by molar-refractivity contribution is 0.282. The number of hydrogen-bond donors (Lipinski definition) is 1. The van der Waals surface area contributed by atoms with Gasteiger partial charge < -0.3 is 9.53 Å². The number of benzene rings is 2. The van der Waals surface area contributed by atoms with Gasteiger partial charge in [-0.25, -0.2) is 0 Å². The molecule has 0 aliphatic heterocycles. The first-order valence-corrected chi connectivity index (χ1v) is 9.96. The predicted molar refractivity (Wildman–Crippen MR) is 87.7 cm³/mol. The Morgan fingerprint density at radius 1 is 1.00 bits per heavy atom. The van der Waals surface area contributed by atoms with Gasteiger partial charge in [0.2, 0.25) is 8.32 Å². The molecule has 0 saturated carbocycles. The average Bonchev–Trinajstić information content (AvgIpc) is 2.36. The zero-order chi connectivity index (χ0) is 15.0. The maximum atomic E-state index is 9.24. The van der Waals surface area contributed by atoms with E-state index in [2.05, 4.69) is 46.0 Å². The third kappa shape index (κ3) is 3.05. The van der Waals surface area contributed by atoms with E-state index in [-0.39, 0.29) is 11.6 Å². The number of aliphatic hydroxyl groups excluding tert-OH is 1. The van der Waals surface area contributed by atoms with Crippen LogP contribution in [0.15, 0.2) is 36.4 Å². The van der Waals surface area contributed by atoms with Crippen molar-refractivity contribution in [2.24, 2.45) is 0 Å². The van der Waals surface area contributed by atoms with Gasteiger partial charge in [-0.3, -0.25) is 0 Å². The molecular formula is C17H24O2Si. The van der Waals surface area contributed by atoms with Crippen LogP contribution < -0.4 is 4.43 Å². The molecule has 0 amide bonds. The van der Waals surface area contributed by atoms with Crippen molar-refractivity contribution in [2.45, 2.75) is 45.5 Å². The lowest BCUT2D eigenvalue weighted by Gasteiger charge is -2.36. The lowest BCUT2D eigenvalue weighted by atomic mass is 10.1. The van der Waals surface area contributed by atoms with Crippen molar-refractivity contribution >= 4 is 19.1 Å². The number of fused-ring (bicyclic) bond motifs is 1. The van der Waals surface area contributed by atoms with Gasteiger partial charge >= 0.3 is 0 Å². The van der Waals surface area contributed by atoms with E-state index in [9.17, 15) is 5.11 Å². The zero-order valence-electron chi connectivity index (χ0n) is 13.0. The highest BCUT2D eigenvalue weighted by Crippen LogP contribution is 2.37. The van der Waals surface area contributed by atoms with E-state index in [1.165, 1.54) is 5.39 Å². The summed E-state index contributed by atoms with van der Waals surface area (Å²) < 4.78 is 6.32. The molecule has 2 aromatic rings. The molecule has 2 nitrogen and oxygen atoms in total. The Hall–Kier alpha value is -1.32. The molecule has 0 bridgehead atoms. The predicted octanol–water partition coefficient (Wildman–Crippen LogP) is 4.72. The molecule has 0 unspecified atom stereocenters. The van der Waals surface area contributed by atoms with Crippen LogP contribution in [0.25, 0.3) is 10.8 Å². The van der Waals surface area contributed by atoms with Crippen LogP contribution in [0.2, 0.25) is 18.1 Å². The summed E-state index contributed by atoms with van der Waals surface area (Å²) in [6.45, 7) is 11.3. The van der Waals surface area contributed by atoms with Crippen molar-refractivity contribution in [1.29, 1.82) is 0 Å². The summed E-state index contributed by atoms with van der Waals surface area (Å²) in [6, 6.07) is 12.2. The Balaban J connectivity index is 2.36. The summed E-state index contributed by atoms with van der Waals surface area (Å²) >= 11 is 0. The van der Waals surface area contributed by atoms with Crippen LogP contribution in [-0.4, -0.2) is 13.4 Å². The molecule has 108 valence electrons. The fourth-order valence-corrected chi connectivity index (χ4v) is 2.91. The molecule has 0 radical (unpaired) electrons. The summed E-state index contributed by atoms with van der Waals surface area (Å²) in [5, 5.41) is 11.7. The van der Waals surface area contributed by atoms with Crippen molar-refractivity contribution in [3.8, 4) is 5.75 Å². The van der Waals surface area contributed by atoms with Gasteiger partial charge in [-0.05, 0) is 52.7 Å². The van der Waals surface area contributed by atoms with Gasteiger partial charge in [0.05, 0.1) is 6.61 Å². The topological polar surface area (TPSA) is 29.5 Å². The summed E-state index contributed by atoms with van der Waals surface area (Å²) in [6.07, 6.45) is 0. The van der Waals surface area contributed by atoms with Gasteiger partial charge in [0, 0.05) is 0 Å². The number of aliphatic hydroxyl groups is 1. The van der Waals surface area contributed by atoms with Gasteiger partial charge in [-0.2, -0.15) is 0 Å². The molecular weight excluding hydrogens is 264 g/mol. The minimum Gasteiger partial charge on any atom is -0.543 e. The van der Waals surface area contributed by atoms with Crippen LogP contribution in [0.5, 0.6) is 5.75 Å². The molecule has 0 heterocycles. The average molecular weight is 288 g/mol. The lowest BCUT2D eigenvalue weighted by Crippen LogP contribution is -2.43. The third-order valence-corrected chi connectivity index (χ3v) is 8.60. The molecule has 0 aliphatic rings. The van der Waals surface area contributed by atoms with Crippen LogP contribution in [0.4, 0.5) is 0 Å². The van der Waals surface area contributed by atoms with Crippen molar-refractivity contribution < 1.29 is 9.53 Å². The van der Waals surface area contributed by atoms with Crippen LogP contribution in [0.1, 0.15) is 26.3 Å². The molecule has 1 N–H and O–H groups in total. The molecule has 2 aromatic carbocycles. The SMILES string of the molecule is CC(C)(C)[Si](C)(C)Oc1ccc2ccc(CO)cc2c1. The highest BCUT2D eigenvalue weighted by atomic mass is 28.4. The van der Waals surface area contributed by atoms with Gasteiger partial charge in [0.15, 0.2) is 0 Å². The van der Waals surface area contributed by atoms with E-state index >= 15 is 0 Å². The standard InChI is InChI=1S/C17H24O2Si/c1-17(2,3)20(4,5)19-16-9-8-14-7-6-13(12-18)10-15(14)11-16/h6-11,18H,12H2,1-5H3. The largest absolute Gasteiger partial charge is 0.543 e. The highest BCUT2D eigenvalue weighted by molar-refractivity contribution is 6.74. The minimum atomic E-state index is -1.80. The first-order valence-electron chi connectivity index (χ1n) is 7.05. The molecule has 0 aliphatic carbocycles. The fraction of sp³-hybridized carbons (Fsp3) is 0.412. The van der Waals surface area contributed by atoms with E-state index in [0.29, 0.717) is 0 Å². The molecule has 0 aromatic heterocycles. The minimum absolute atomic E-state index is 0.0727. The summed E-state index contributed by atoms with van der Waals surface area (Å²) in [4.78, 5) is 0. The first kappa shape index (κ1) is 15.1.